The number of nitrogens with zero attached hydrogens (tertiary/aromatic N) is 2. The minimum Gasteiger partial charge on any atom is -0.493 e. The highest BCUT2D eigenvalue weighted by molar-refractivity contribution is 7.13. The minimum absolute atomic E-state index is 0.0190. The molecule has 0 spiro atoms. The smallest absolute Gasteiger partial charge is 0.255 e. The van der Waals surface area contributed by atoms with E-state index in [2.05, 4.69) is 10.3 Å². The van der Waals surface area contributed by atoms with Crippen LogP contribution in [0.25, 0.3) is 10.6 Å². The largest absolute Gasteiger partial charge is 0.493 e. The van der Waals surface area contributed by atoms with Gasteiger partial charge >= 0.3 is 0 Å². The highest BCUT2D eigenvalue weighted by atomic mass is 32.1. The predicted octanol–water partition coefficient (Wildman–Crippen LogP) is 4.76. The van der Waals surface area contributed by atoms with Gasteiger partial charge in [-0.25, -0.2) is 4.98 Å². The third kappa shape index (κ3) is 5.49. The van der Waals surface area contributed by atoms with Crippen LogP contribution in [0.1, 0.15) is 36.7 Å². The third-order valence-electron chi connectivity index (χ3n) is 4.78. The first-order valence-corrected chi connectivity index (χ1v) is 11.1. The van der Waals surface area contributed by atoms with Crippen molar-refractivity contribution >= 4 is 28.8 Å². The Kier molecular flexibility index (Phi) is 7.41. The van der Waals surface area contributed by atoms with Crippen LogP contribution in [0, 0.1) is 5.92 Å². The average Bonchev–Trinajstić information content (AvgIpc) is 3.32. The van der Waals surface area contributed by atoms with E-state index in [1.54, 1.807) is 47.7 Å². The first-order chi connectivity index (χ1) is 14.9. The average molecular weight is 438 g/mol. The molecule has 6 nitrogen and oxygen atoms in total. The van der Waals surface area contributed by atoms with Gasteiger partial charge in [0.1, 0.15) is 10.8 Å². The van der Waals surface area contributed by atoms with Crippen LogP contribution in [-0.4, -0.2) is 30.5 Å². The molecule has 2 aromatic carbocycles. The summed E-state index contributed by atoms with van der Waals surface area (Å²) >= 11 is 1.57. The molecule has 31 heavy (non-hydrogen) atoms. The fraction of sp³-hybridized carbons (Fsp3) is 0.292. The molecule has 2 amide bonds. The summed E-state index contributed by atoms with van der Waals surface area (Å²) in [6.45, 7) is 6.38. The second-order valence-corrected chi connectivity index (χ2v) is 8.28. The third-order valence-corrected chi connectivity index (χ3v) is 5.60. The molecule has 0 aliphatic carbocycles. The maximum Gasteiger partial charge on any atom is 0.255 e. The highest BCUT2D eigenvalue weighted by Crippen LogP contribution is 2.26. The lowest BCUT2D eigenvalue weighted by atomic mass is 10.1. The Morgan fingerprint density at radius 3 is 2.68 bits per heavy atom. The first kappa shape index (κ1) is 22.5. The number of aromatic nitrogens is 1. The molecule has 0 unspecified atom stereocenters. The van der Waals surface area contributed by atoms with E-state index in [-0.39, 0.29) is 17.7 Å². The number of amides is 2. The standard InChI is InChI=1S/C24H27N3O3S/c1-5-30-21-10-9-19(27(4)24(29)16(2)3)14-20(21)22(28)26-15-17-7-6-8-18(13-17)23-25-11-12-31-23/h6-14,16H,5,15H2,1-4H3,(H,26,28). The zero-order valence-corrected chi connectivity index (χ0v) is 19.0. The Bertz CT molecular complexity index is 1050. The number of hydrogen-bond donors (Lipinski definition) is 1. The molecule has 0 aliphatic heterocycles. The molecule has 1 heterocycles. The summed E-state index contributed by atoms with van der Waals surface area (Å²) in [5, 5.41) is 5.84. The van der Waals surface area contributed by atoms with E-state index in [0.29, 0.717) is 30.2 Å². The molecule has 0 bridgehead atoms. The van der Waals surface area contributed by atoms with E-state index in [0.717, 1.165) is 16.1 Å². The number of carbonyl (C=O) groups excluding carboxylic acids is 2. The lowest BCUT2D eigenvalue weighted by Gasteiger charge is -2.21. The van der Waals surface area contributed by atoms with E-state index in [1.807, 2.05) is 50.4 Å². The maximum atomic E-state index is 13.0. The van der Waals surface area contributed by atoms with Crippen molar-refractivity contribution in [2.45, 2.75) is 27.3 Å². The lowest BCUT2D eigenvalue weighted by Crippen LogP contribution is -2.30. The van der Waals surface area contributed by atoms with Crippen molar-refractivity contribution in [2.75, 3.05) is 18.6 Å². The number of anilines is 1. The molecule has 0 atom stereocenters. The second-order valence-electron chi connectivity index (χ2n) is 7.39. The van der Waals surface area contributed by atoms with Gasteiger partial charge in [-0.1, -0.05) is 32.0 Å². The molecule has 3 aromatic rings. The number of hydrogen-bond acceptors (Lipinski definition) is 5. The Hall–Kier alpha value is -3.19. The fourth-order valence-corrected chi connectivity index (χ4v) is 3.79. The van der Waals surface area contributed by atoms with E-state index in [4.69, 9.17) is 4.74 Å². The lowest BCUT2D eigenvalue weighted by molar-refractivity contribution is -0.121. The van der Waals surface area contributed by atoms with Gasteiger partial charge in [-0.2, -0.15) is 0 Å². The van der Waals surface area contributed by atoms with Crippen LogP contribution in [0.2, 0.25) is 0 Å². The van der Waals surface area contributed by atoms with Gasteiger partial charge in [-0.3, -0.25) is 9.59 Å². The van der Waals surface area contributed by atoms with Crippen molar-refractivity contribution in [2.24, 2.45) is 5.92 Å². The topological polar surface area (TPSA) is 71.5 Å². The summed E-state index contributed by atoms with van der Waals surface area (Å²) in [4.78, 5) is 31.3. The van der Waals surface area contributed by atoms with E-state index < -0.39 is 0 Å². The first-order valence-electron chi connectivity index (χ1n) is 10.2. The number of rotatable bonds is 8. The number of benzene rings is 2. The van der Waals surface area contributed by atoms with Crippen molar-refractivity contribution < 1.29 is 14.3 Å². The highest BCUT2D eigenvalue weighted by Gasteiger charge is 2.19. The van der Waals surface area contributed by atoms with Gasteiger partial charge in [-0.15, -0.1) is 11.3 Å². The molecule has 3 rings (SSSR count). The van der Waals surface area contributed by atoms with Crippen molar-refractivity contribution in [3.05, 3.63) is 65.2 Å². The van der Waals surface area contributed by atoms with Crippen LogP contribution in [0.5, 0.6) is 5.75 Å². The molecule has 7 heteroatoms. The molecule has 1 aromatic heterocycles. The summed E-state index contributed by atoms with van der Waals surface area (Å²) < 4.78 is 5.65. The van der Waals surface area contributed by atoms with Crippen LogP contribution >= 0.6 is 11.3 Å². The number of carbonyl (C=O) groups is 2. The zero-order valence-electron chi connectivity index (χ0n) is 18.2. The fourth-order valence-electron chi connectivity index (χ4n) is 3.16. The van der Waals surface area contributed by atoms with Gasteiger partial charge in [0.05, 0.1) is 12.2 Å². The maximum absolute atomic E-state index is 13.0. The summed E-state index contributed by atoms with van der Waals surface area (Å²) in [6.07, 6.45) is 1.78. The van der Waals surface area contributed by atoms with Gasteiger partial charge in [0.2, 0.25) is 5.91 Å². The molecule has 0 aliphatic rings. The monoisotopic (exact) mass is 437 g/mol. The molecule has 0 saturated carbocycles. The van der Waals surface area contributed by atoms with Crippen molar-refractivity contribution in [1.29, 1.82) is 0 Å². The zero-order chi connectivity index (χ0) is 22.4. The second kappa shape index (κ2) is 10.2. The summed E-state index contributed by atoms with van der Waals surface area (Å²) in [6, 6.07) is 13.2. The van der Waals surface area contributed by atoms with Crippen LogP contribution in [0.3, 0.4) is 0 Å². The number of ether oxygens (including phenoxy) is 1. The Morgan fingerprint density at radius 1 is 1.19 bits per heavy atom. The van der Waals surface area contributed by atoms with Crippen molar-refractivity contribution in [3.63, 3.8) is 0 Å². The molecular formula is C24H27N3O3S. The normalized spacial score (nSPS) is 10.7. The Balaban J connectivity index is 1.79. The molecule has 162 valence electrons. The SMILES string of the molecule is CCOc1ccc(N(C)C(=O)C(C)C)cc1C(=O)NCc1cccc(-c2nccs2)c1. The van der Waals surface area contributed by atoms with Crippen molar-refractivity contribution in [3.8, 4) is 16.3 Å². The van der Waals surface area contributed by atoms with Gasteiger partial charge in [0.15, 0.2) is 0 Å². The van der Waals surface area contributed by atoms with Gasteiger partial charge < -0.3 is 15.0 Å². The minimum atomic E-state index is -0.254. The van der Waals surface area contributed by atoms with Gasteiger partial charge in [-0.05, 0) is 36.8 Å². The summed E-state index contributed by atoms with van der Waals surface area (Å²) in [7, 11) is 1.71. The Labute approximate surface area is 186 Å². The number of nitrogens with one attached hydrogen (secondary N) is 1. The molecule has 0 saturated heterocycles. The quantitative estimate of drug-likeness (QED) is 0.552. The Morgan fingerprint density at radius 2 is 2.00 bits per heavy atom. The van der Waals surface area contributed by atoms with Crippen LogP contribution < -0.4 is 15.0 Å². The van der Waals surface area contributed by atoms with E-state index in [1.165, 1.54) is 0 Å². The van der Waals surface area contributed by atoms with Crippen LogP contribution in [-0.2, 0) is 11.3 Å². The van der Waals surface area contributed by atoms with Crippen LogP contribution in [0.15, 0.2) is 54.0 Å². The van der Waals surface area contributed by atoms with Gasteiger partial charge in [0.25, 0.3) is 5.91 Å². The van der Waals surface area contributed by atoms with Crippen LogP contribution in [0.4, 0.5) is 5.69 Å². The van der Waals surface area contributed by atoms with E-state index in [9.17, 15) is 9.59 Å². The molecule has 0 radical (unpaired) electrons. The van der Waals surface area contributed by atoms with E-state index >= 15 is 0 Å². The summed E-state index contributed by atoms with van der Waals surface area (Å²) in [5.74, 6) is 0.0782. The predicted molar refractivity (Wildman–Crippen MR) is 125 cm³/mol. The molecular weight excluding hydrogens is 410 g/mol. The summed E-state index contributed by atoms with van der Waals surface area (Å²) in [5.41, 5.74) is 3.05. The van der Waals surface area contributed by atoms with Gasteiger partial charge in [0, 0.05) is 42.3 Å². The molecule has 1 N–H and O–H groups in total. The van der Waals surface area contributed by atoms with Crippen molar-refractivity contribution in [1.82, 2.24) is 10.3 Å². The molecule has 0 fully saturated rings. The number of thiazole rings is 1.